The Balaban J connectivity index is 2.92. The zero-order valence-electron chi connectivity index (χ0n) is 7.67. The monoisotopic (exact) mass is 269 g/mol. The number of rotatable bonds is 3. The summed E-state index contributed by atoms with van der Waals surface area (Å²) in [5.41, 5.74) is 7.24. The average molecular weight is 268 g/mol. The standard InChI is InChI=1S/C8H10N.C2H5.Sn/c1-7(9)8-5-3-2-4-6-8;1-2;/h2-5,7H,9H2,1H3;1H2,2H3;/q;;+2. The first-order valence-electron chi connectivity index (χ1n) is 4.34. The molecule has 0 saturated heterocycles. The SMILES string of the molecule is C[CH2][Sn+2][c]1ccccc1C(C)N. The molecule has 1 unspecified atom stereocenters. The normalized spacial score (nSPS) is 12.2. The van der Waals surface area contributed by atoms with Gasteiger partial charge in [0.15, 0.2) is 0 Å². The van der Waals surface area contributed by atoms with E-state index >= 15 is 0 Å². The molecular formula is C10H15NSn+2. The zero-order valence-corrected chi connectivity index (χ0v) is 10.5. The number of nitrogens with two attached hydrogens (primary N) is 1. The molecule has 0 aliphatic carbocycles. The molecule has 1 aromatic carbocycles. The number of benzene rings is 1. The molecule has 0 heterocycles. The van der Waals surface area contributed by atoms with E-state index in [2.05, 4.69) is 38.1 Å². The summed E-state index contributed by atoms with van der Waals surface area (Å²) in [6.45, 7) is 4.33. The van der Waals surface area contributed by atoms with Gasteiger partial charge >= 0.3 is 84.6 Å². The third-order valence-corrected chi connectivity index (χ3v) is 5.21. The Morgan fingerprint density at radius 3 is 2.67 bits per heavy atom. The van der Waals surface area contributed by atoms with E-state index in [9.17, 15) is 0 Å². The van der Waals surface area contributed by atoms with Crippen LogP contribution in [-0.4, -0.2) is 21.1 Å². The molecule has 0 aliphatic rings. The van der Waals surface area contributed by atoms with Crippen LogP contribution in [0.4, 0.5) is 0 Å². The molecule has 0 aliphatic heterocycles. The summed E-state index contributed by atoms with van der Waals surface area (Å²) in [5.74, 6) is 0. The van der Waals surface area contributed by atoms with Crippen molar-refractivity contribution >= 4 is 24.7 Å². The van der Waals surface area contributed by atoms with Gasteiger partial charge in [-0.15, -0.1) is 0 Å². The summed E-state index contributed by atoms with van der Waals surface area (Å²) >= 11 is -0.319. The van der Waals surface area contributed by atoms with E-state index in [1.54, 1.807) is 3.58 Å². The van der Waals surface area contributed by atoms with Crippen LogP contribution in [0.5, 0.6) is 0 Å². The van der Waals surface area contributed by atoms with Gasteiger partial charge in [-0.2, -0.15) is 0 Å². The van der Waals surface area contributed by atoms with Crippen LogP contribution in [0, 0.1) is 0 Å². The number of hydrogen-bond acceptors (Lipinski definition) is 1. The third kappa shape index (κ3) is 2.49. The van der Waals surface area contributed by atoms with Crippen LogP contribution >= 0.6 is 0 Å². The second-order valence-electron chi connectivity index (χ2n) is 2.91. The van der Waals surface area contributed by atoms with Crippen LogP contribution in [0.1, 0.15) is 25.5 Å². The van der Waals surface area contributed by atoms with Gasteiger partial charge in [-0.05, 0) is 0 Å². The van der Waals surface area contributed by atoms with Gasteiger partial charge in [-0.3, -0.25) is 0 Å². The van der Waals surface area contributed by atoms with Gasteiger partial charge in [-0.25, -0.2) is 0 Å². The zero-order chi connectivity index (χ0) is 8.97. The predicted molar refractivity (Wildman–Crippen MR) is 54.9 cm³/mol. The van der Waals surface area contributed by atoms with E-state index in [1.165, 1.54) is 10.0 Å². The molecule has 0 bridgehead atoms. The Hall–Kier alpha value is -0.0213. The van der Waals surface area contributed by atoms with Gasteiger partial charge < -0.3 is 0 Å². The summed E-state index contributed by atoms with van der Waals surface area (Å²) in [6.07, 6.45) is 0. The molecule has 0 amide bonds. The van der Waals surface area contributed by atoms with Crippen LogP contribution in [0.15, 0.2) is 24.3 Å². The second kappa shape index (κ2) is 4.87. The summed E-state index contributed by atoms with van der Waals surface area (Å²) in [6, 6.07) is 8.81. The minimum absolute atomic E-state index is 0.202. The van der Waals surface area contributed by atoms with Crippen molar-refractivity contribution < 1.29 is 0 Å². The molecule has 2 heteroatoms. The molecule has 1 rings (SSSR count). The molecule has 1 atom stereocenters. The van der Waals surface area contributed by atoms with E-state index in [-0.39, 0.29) is 27.2 Å². The summed E-state index contributed by atoms with van der Waals surface area (Å²) in [5, 5.41) is 0. The molecular weight excluding hydrogens is 253 g/mol. The van der Waals surface area contributed by atoms with Gasteiger partial charge in [0.25, 0.3) is 0 Å². The van der Waals surface area contributed by atoms with Crippen molar-refractivity contribution in [3.8, 4) is 0 Å². The molecule has 0 fully saturated rings. The Bertz CT molecular complexity index is 245. The first kappa shape index (κ1) is 10.1. The van der Waals surface area contributed by atoms with Crippen molar-refractivity contribution in [2.45, 2.75) is 24.3 Å². The van der Waals surface area contributed by atoms with Gasteiger partial charge in [-0.1, -0.05) is 0 Å². The topological polar surface area (TPSA) is 26.0 Å². The molecule has 0 aromatic heterocycles. The fourth-order valence-corrected chi connectivity index (χ4v) is 4.41. The van der Waals surface area contributed by atoms with Crippen LogP contribution in [0.3, 0.4) is 0 Å². The first-order valence-corrected chi connectivity index (χ1v) is 7.78. The van der Waals surface area contributed by atoms with Crippen molar-refractivity contribution in [1.82, 2.24) is 0 Å². The van der Waals surface area contributed by atoms with E-state index < -0.39 is 0 Å². The summed E-state index contributed by atoms with van der Waals surface area (Å²) in [7, 11) is 0. The fraction of sp³-hybridized carbons (Fsp3) is 0.400. The molecule has 0 saturated carbocycles. The van der Waals surface area contributed by atoms with Gasteiger partial charge in [0, 0.05) is 0 Å². The van der Waals surface area contributed by atoms with Crippen molar-refractivity contribution in [1.29, 1.82) is 0 Å². The van der Waals surface area contributed by atoms with Crippen molar-refractivity contribution in [2.75, 3.05) is 0 Å². The maximum absolute atomic E-state index is 5.87. The van der Waals surface area contributed by atoms with E-state index in [4.69, 9.17) is 5.73 Å². The molecule has 12 heavy (non-hydrogen) atoms. The average Bonchev–Trinajstić information content (AvgIpc) is 2.05. The molecule has 0 radical (unpaired) electrons. The molecule has 1 nitrogen and oxygen atoms in total. The van der Waals surface area contributed by atoms with Crippen LogP contribution in [0.25, 0.3) is 0 Å². The maximum atomic E-state index is 5.87. The Kier molecular flexibility index (Phi) is 4.09. The van der Waals surface area contributed by atoms with E-state index in [0.29, 0.717) is 0 Å². The molecule has 0 spiro atoms. The first-order chi connectivity index (χ1) is 5.75. The summed E-state index contributed by atoms with van der Waals surface area (Å²) in [4.78, 5) is 0. The van der Waals surface area contributed by atoms with Crippen molar-refractivity contribution in [2.24, 2.45) is 5.73 Å². The van der Waals surface area contributed by atoms with Gasteiger partial charge in [0.1, 0.15) is 0 Å². The minimum atomic E-state index is -0.319. The van der Waals surface area contributed by atoms with Crippen LogP contribution < -0.4 is 9.31 Å². The Labute approximate surface area is 84.6 Å². The van der Waals surface area contributed by atoms with Crippen LogP contribution in [-0.2, 0) is 0 Å². The fourth-order valence-electron chi connectivity index (χ4n) is 1.25. The van der Waals surface area contributed by atoms with Crippen LogP contribution in [0.2, 0.25) is 4.44 Å². The van der Waals surface area contributed by atoms with E-state index in [0.717, 1.165) is 0 Å². The third-order valence-electron chi connectivity index (χ3n) is 1.82. The summed E-state index contributed by atoms with van der Waals surface area (Å²) < 4.78 is 2.92. The molecule has 1 aromatic rings. The number of hydrogen-bond donors (Lipinski definition) is 1. The van der Waals surface area contributed by atoms with Crippen molar-refractivity contribution in [3.05, 3.63) is 29.8 Å². The van der Waals surface area contributed by atoms with E-state index in [1.807, 2.05) is 0 Å². The van der Waals surface area contributed by atoms with Gasteiger partial charge in [0.2, 0.25) is 0 Å². The quantitative estimate of drug-likeness (QED) is 0.825. The van der Waals surface area contributed by atoms with Gasteiger partial charge in [0.05, 0.1) is 0 Å². The molecule has 2 N–H and O–H groups in total. The predicted octanol–water partition coefficient (Wildman–Crippen LogP) is 1.47. The Morgan fingerprint density at radius 1 is 1.42 bits per heavy atom. The van der Waals surface area contributed by atoms with Crippen molar-refractivity contribution in [3.63, 3.8) is 0 Å². The second-order valence-corrected chi connectivity index (χ2v) is 7.47. The molecule has 62 valence electrons. The Morgan fingerprint density at radius 2 is 2.08 bits per heavy atom.